The molecule has 0 atom stereocenters. The van der Waals surface area contributed by atoms with E-state index in [9.17, 15) is 26.4 Å². The molecule has 1 aliphatic heterocycles. The van der Waals surface area contributed by atoms with Gasteiger partial charge in [-0.2, -0.15) is 0 Å². The van der Waals surface area contributed by atoms with Crippen LogP contribution in [0.3, 0.4) is 0 Å². The Balaban J connectivity index is 1.50. The van der Waals surface area contributed by atoms with Crippen molar-refractivity contribution in [1.82, 2.24) is 19.9 Å². The molecule has 0 fully saturated rings. The van der Waals surface area contributed by atoms with Crippen molar-refractivity contribution in [2.75, 3.05) is 24.7 Å². The van der Waals surface area contributed by atoms with Gasteiger partial charge in [-0.15, -0.1) is 0 Å². The number of rotatable bonds is 5. The molecule has 1 N–H and O–H groups in total. The van der Waals surface area contributed by atoms with Gasteiger partial charge in [0.1, 0.15) is 28.7 Å². The van der Waals surface area contributed by atoms with Gasteiger partial charge in [0.2, 0.25) is 10.0 Å². The summed E-state index contributed by atoms with van der Waals surface area (Å²) in [6.45, 7) is 0.0965. The molecule has 1 aliphatic rings. The highest BCUT2D eigenvalue weighted by molar-refractivity contribution is 7.92. The Morgan fingerprint density at radius 3 is 2.56 bits per heavy atom. The van der Waals surface area contributed by atoms with E-state index in [1.54, 1.807) is 22.8 Å². The number of aromatic nitrogens is 3. The number of hydrogen-bond acceptors (Lipinski definition) is 7. The second kappa shape index (κ2) is 10.1. The number of furan rings is 1. The highest BCUT2D eigenvalue weighted by atomic mass is 32.2. The van der Waals surface area contributed by atoms with Gasteiger partial charge < -0.3 is 19.0 Å². The summed E-state index contributed by atoms with van der Waals surface area (Å²) < 4.78 is 83.4. The SMILES string of the molecule is CNC(=O)c1c(-c2ccc(F)cc2F)oc2cc(N(C)S(C)(=O)=O)c(-c3ncc4c(n3)-c3cc5c(F)cccc5n3CO4)cc12. The number of sulfonamides is 1. The largest absolute Gasteiger partial charge is 0.469 e. The molecule has 3 aromatic carbocycles. The predicted octanol–water partition coefficient (Wildman–Crippen LogP) is 5.70. The molecule has 7 rings (SSSR count). The molecule has 6 aromatic rings. The number of carbonyl (C=O) groups excluding carboxylic acids is 1. The van der Waals surface area contributed by atoms with E-state index in [1.165, 1.54) is 38.5 Å². The van der Waals surface area contributed by atoms with E-state index in [0.29, 0.717) is 34.1 Å². The first-order valence-electron chi connectivity index (χ1n) is 13.5. The summed E-state index contributed by atoms with van der Waals surface area (Å²) in [4.78, 5) is 22.4. The Hall–Kier alpha value is -5.37. The van der Waals surface area contributed by atoms with Crippen LogP contribution in [0.5, 0.6) is 5.75 Å². The third-order valence-corrected chi connectivity index (χ3v) is 8.94. The number of benzene rings is 3. The first kappa shape index (κ1) is 28.4. The summed E-state index contributed by atoms with van der Waals surface area (Å²) in [7, 11) is -1.14. The molecule has 228 valence electrons. The van der Waals surface area contributed by atoms with Crippen LogP contribution in [0.1, 0.15) is 10.4 Å². The minimum Gasteiger partial charge on any atom is -0.469 e. The van der Waals surface area contributed by atoms with Crippen molar-refractivity contribution in [3.8, 4) is 39.8 Å². The second-order valence-corrected chi connectivity index (χ2v) is 12.4. The van der Waals surface area contributed by atoms with E-state index in [-0.39, 0.29) is 51.7 Å². The molecule has 0 spiro atoms. The van der Waals surface area contributed by atoms with Crippen LogP contribution >= 0.6 is 0 Å². The summed E-state index contributed by atoms with van der Waals surface area (Å²) in [5.74, 6) is -2.61. The van der Waals surface area contributed by atoms with Crippen LogP contribution in [-0.4, -0.2) is 49.2 Å². The van der Waals surface area contributed by atoms with Crippen molar-refractivity contribution < 1.29 is 35.5 Å². The fourth-order valence-corrected chi connectivity index (χ4v) is 5.98. The maximum Gasteiger partial charge on any atom is 0.255 e. The van der Waals surface area contributed by atoms with Crippen molar-refractivity contribution in [2.45, 2.75) is 6.73 Å². The van der Waals surface area contributed by atoms with Crippen LogP contribution in [0.4, 0.5) is 18.9 Å². The number of nitrogens with zero attached hydrogens (tertiary/aromatic N) is 4. The number of halogens is 3. The number of carbonyl (C=O) groups is 1. The van der Waals surface area contributed by atoms with Crippen molar-refractivity contribution >= 4 is 43.5 Å². The monoisotopic (exact) mass is 633 g/mol. The molecular formula is C31H22F3N5O5S. The Labute approximate surface area is 253 Å². The maximum absolute atomic E-state index is 14.9. The van der Waals surface area contributed by atoms with Gasteiger partial charge in [0.05, 0.1) is 40.5 Å². The van der Waals surface area contributed by atoms with Gasteiger partial charge in [0, 0.05) is 42.6 Å². The average molecular weight is 634 g/mol. The number of nitrogens with one attached hydrogen (secondary N) is 1. The first-order valence-corrected chi connectivity index (χ1v) is 15.3. The van der Waals surface area contributed by atoms with E-state index in [2.05, 4.69) is 10.3 Å². The summed E-state index contributed by atoms with van der Waals surface area (Å²) in [5.41, 5.74) is 1.59. The zero-order valence-corrected chi connectivity index (χ0v) is 24.7. The Morgan fingerprint density at radius 1 is 1.02 bits per heavy atom. The Bertz CT molecular complexity index is 2330. The van der Waals surface area contributed by atoms with Gasteiger partial charge >= 0.3 is 0 Å². The van der Waals surface area contributed by atoms with Crippen LogP contribution in [0.25, 0.3) is 56.0 Å². The van der Waals surface area contributed by atoms with Crippen LogP contribution in [-0.2, 0) is 16.8 Å². The molecular weight excluding hydrogens is 611 g/mol. The lowest BCUT2D eigenvalue weighted by Gasteiger charge is -2.22. The molecule has 10 nitrogen and oxygen atoms in total. The highest BCUT2D eigenvalue weighted by Crippen LogP contribution is 2.43. The van der Waals surface area contributed by atoms with Gasteiger partial charge in [0.15, 0.2) is 24.1 Å². The minimum atomic E-state index is -3.85. The molecule has 0 saturated carbocycles. The molecule has 3 aromatic heterocycles. The molecule has 0 radical (unpaired) electrons. The quantitative estimate of drug-likeness (QED) is 0.259. The lowest BCUT2D eigenvalue weighted by molar-refractivity contribution is 0.0964. The maximum atomic E-state index is 14.9. The standard InChI is InChI=1S/C31H22F3N5O5S/c1-35-31(40)27-19-10-18(23(38(2)45(3,41)42)12-25(19)44-29(27)16-8-7-15(32)9-21(16)34)30-36-13-26-28(37-30)24-11-17-20(33)5-4-6-22(17)39(24)14-43-26/h4-13H,14H2,1-3H3,(H,35,40). The van der Waals surface area contributed by atoms with Crippen LogP contribution in [0, 0.1) is 17.5 Å². The zero-order chi connectivity index (χ0) is 31.8. The van der Waals surface area contributed by atoms with Crippen molar-refractivity contribution in [3.63, 3.8) is 0 Å². The van der Waals surface area contributed by atoms with Crippen LogP contribution in [0.15, 0.2) is 65.2 Å². The van der Waals surface area contributed by atoms with Crippen molar-refractivity contribution in [3.05, 3.63) is 83.8 Å². The summed E-state index contributed by atoms with van der Waals surface area (Å²) in [5, 5.41) is 3.08. The lowest BCUT2D eigenvalue weighted by atomic mass is 10.0. The van der Waals surface area contributed by atoms with Crippen molar-refractivity contribution in [1.29, 1.82) is 0 Å². The number of amides is 1. The molecule has 14 heteroatoms. The molecule has 45 heavy (non-hydrogen) atoms. The normalized spacial score (nSPS) is 12.6. The number of anilines is 1. The number of ether oxygens (including phenoxy) is 1. The summed E-state index contributed by atoms with van der Waals surface area (Å²) in [6, 6.07) is 12.1. The summed E-state index contributed by atoms with van der Waals surface area (Å²) >= 11 is 0. The molecule has 0 bridgehead atoms. The van der Waals surface area contributed by atoms with Gasteiger partial charge in [-0.3, -0.25) is 9.10 Å². The number of fused-ring (bicyclic) bond motifs is 6. The molecule has 0 saturated heterocycles. The van der Waals surface area contributed by atoms with Gasteiger partial charge in [-0.1, -0.05) is 6.07 Å². The topological polar surface area (TPSA) is 120 Å². The molecule has 0 aliphatic carbocycles. The average Bonchev–Trinajstić information content (AvgIpc) is 3.58. The zero-order valence-electron chi connectivity index (χ0n) is 23.9. The predicted molar refractivity (Wildman–Crippen MR) is 161 cm³/mol. The van der Waals surface area contributed by atoms with E-state index in [0.717, 1.165) is 22.7 Å². The minimum absolute atomic E-state index is 0.0541. The van der Waals surface area contributed by atoms with Crippen LogP contribution < -0.4 is 14.4 Å². The van der Waals surface area contributed by atoms with E-state index in [4.69, 9.17) is 14.1 Å². The van der Waals surface area contributed by atoms with Crippen LogP contribution in [0.2, 0.25) is 0 Å². The van der Waals surface area contributed by atoms with Gasteiger partial charge in [-0.25, -0.2) is 31.6 Å². The molecule has 1 amide bonds. The van der Waals surface area contributed by atoms with E-state index in [1.807, 2.05) is 0 Å². The molecule has 4 heterocycles. The third-order valence-electron chi connectivity index (χ3n) is 7.75. The smallest absolute Gasteiger partial charge is 0.255 e. The molecule has 0 unspecified atom stereocenters. The van der Waals surface area contributed by atoms with E-state index >= 15 is 0 Å². The Morgan fingerprint density at radius 2 is 1.82 bits per heavy atom. The third kappa shape index (κ3) is 4.47. The fourth-order valence-electron chi connectivity index (χ4n) is 5.47. The van der Waals surface area contributed by atoms with Gasteiger partial charge in [0.25, 0.3) is 5.91 Å². The fraction of sp³-hybridized carbons (Fsp3) is 0.129. The highest BCUT2D eigenvalue weighted by Gasteiger charge is 2.29. The lowest BCUT2D eigenvalue weighted by Crippen LogP contribution is -2.25. The summed E-state index contributed by atoms with van der Waals surface area (Å²) in [6.07, 6.45) is 2.44. The first-order chi connectivity index (χ1) is 21.5. The second-order valence-electron chi connectivity index (χ2n) is 10.4. The van der Waals surface area contributed by atoms with Gasteiger partial charge in [-0.05, 0) is 36.4 Å². The Kier molecular flexibility index (Phi) is 6.37. The number of hydrogen-bond donors (Lipinski definition) is 1. The van der Waals surface area contributed by atoms with E-state index < -0.39 is 33.4 Å². The van der Waals surface area contributed by atoms with Crippen molar-refractivity contribution in [2.24, 2.45) is 0 Å².